The van der Waals surface area contributed by atoms with Gasteiger partial charge >= 0.3 is 0 Å². The summed E-state index contributed by atoms with van der Waals surface area (Å²) in [5.41, 5.74) is 6.58. The molecule has 1 aromatic carbocycles. The van der Waals surface area contributed by atoms with E-state index in [4.69, 9.17) is 0 Å². The molecule has 0 atom stereocenters. The molecule has 0 N–H and O–H groups in total. The second-order valence-electron chi connectivity index (χ2n) is 6.13. The van der Waals surface area contributed by atoms with Crippen molar-refractivity contribution in [2.45, 2.75) is 39.5 Å². The molecule has 0 saturated heterocycles. The molecule has 0 fully saturated rings. The van der Waals surface area contributed by atoms with Crippen LogP contribution in [0.3, 0.4) is 0 Å². The molecule has 0 spiro atoms. The van der Waals surface area contributed by atoms with Gasteiger partial charge in [0.05, 0.1) is 0 Å². The molecule has 0 saturated carbocycles. The molecule has 0 unspecified atom stereocenters. The molecule has 0 nitrogen and oxygen atoms in total. The average Bonchev–Trinajstić information content (AvgIpc) is 2.40. The van der Waals surface area contributed by atoms with Crippen molar-refractivity contribution in [2.75, 3.05) is 0 Å². The van der Waals surface area contributed by atoms with Crippen LogP contribution in [0.25, 0.3) is 5.57 Å². The van der Waals surface area contributed by atoms with Gasteiger partial charge in [0, 0.05) is 0 Å². The minimum absolute atomic E-state index is 0.401. The van der Waals surface area contributed by atoms with E-state index in [9.17, 15) is 0 Å². The molecule has 1 aromatic rings. The van der Waals surface area contributed by atoms with E-state index < -0.39 is 0 Å². The summed E-state index contributed by atoms with van der Waals surface area (Å²) in [5.74, 6) is 0. The number of allylic oxidation sites excluding steroid dienone is 4. The van der Waals surface area contributed by atoms with E-state index in [1.807, 2.05) is 0 Å². The summed E-state index contributed by atoms with van der Waals surface area (Å²) in [4.78, 5) is 0. The molecular weight excluding hydrogens is 204 g/mol. The second-order valence-corrected chi connectivity index (χ2v) is 6.13. The van der Waals surface area contributed by atoms with Crippen molar-refractivity contribution < 1.29 is 0 Å². The number of rotatable bonds is 0. The Morgan fingerprint density at radius 2 is 1.88 bits per heavy atom. The quantitative estimate of drug-likeness (QED) is 0.596. The Hall–Kier alpha value is -1.30. The minimum Gasteiger partial charge on any atom is -0.0836 e. The normalized spacial score (nSPS) is 21.8. The maximum Gasteiger partial charge on any atom is -0.0152 e. The maximum atomic E-state index is 2.40. The average molecular weight is 224 g/mol. The minimum atomic E-state index is 0.401. The van der Waals surface area contributed by atoms with Crippen molar-refractivity contribution in [1.29, 1.82) is 0 Å². The van der Waals surface area contributed by atoms with Crippen molar-refractivity contribution in [1.82, 2.24) is 0 Å². The second kappa shape index (κ2) is 3.87. The topological polar surface area (TPSA) is 0 Å². The van der Waals surface area contributed by atoms with Crippen molar-refractivity contribution >= 4 is 5.57 Å². The number of fused-ring (bicyclic) bond motifs is 2. The van der Waals surface area contributed by atoms with E-state index in [2.05, 4.69) is 50.3 Å². The van der Waals surface area contributed by atoms with Crippen LogP contribution in [-0.2, 0) is 6.42 Å². The van der Waals surface area contributed by atoms with Gasteiger partial charge in [-0.25, -0.2) is 0 Å². The highest BCUT2D eigenvalue weighted by atomic mass is 14.3. The Balaban J connectivity index is 2.20. The Labute approximate surface area is 104 Å². The van der Waals surface area contributed by atoms with Crippen LogP contribution in [0.4, 0.5) is 0 Å². The van der Waals surface area contributed by atoms with Gasteiger partial charge in [-0.15, -0.1) is 0 Å². The lowest BCUT2D eigenvalue weighted by molar-refractivity contribution is 0.358. The Morgan fingerprint density at radius 1 is 1.06 bits per heavy atom. The maximum absolute atomic E-state index is 2.40. The molecule has 17 heavy (non-hydrogen) atoms. The number of hydrogen-bond donors (Lipinski definition) is 0. The molecule has 2 aliphatic rings. The van der Waals surface area contributed by atoms with Crippen LogP contribution >= 0.6 is 0 Å². The highest BCUT2D eigenvalue weighted by Gasteiger charge is 2.27. The van der Waals surface area contributed by atoms with Gasteiger partial charge in [0.15, 0.2) is 0 Å². The predicted molar refractivity (Wildman–Crippen MR) is 73.8 cm³/mol. The SMILES string of the molecule is CC1(C)CC2=C(C=CCC2)c2ccccc2C1. The zero-order chi connectivity index (χ0) is 11.9. The van der Waals surface area contributed by atoms with Gasteiger partial charge < -0.3 is 0 Å². The van der Waals surface area contributed by atoms with Gasteiger partial charge in [-0.2, -0.15) is 0 Å². The molecule has 0 heteroatoms. The zero-order valence-electron chi connectivity index (χ0n) is 10.8. The fraction of sp³-hybridized carbons (Fsp3) is 0.412. The lowest BCUT2D eigenvalue weighted by Crippen LogP contribution is -2.15. The van der Waals surface area contributed by atoms with E-state index in [1.54, 1.807) is 5.57 Å². The van der Waals surface area contributed by atoms with Gasteiger partial charge in [0.1, 0.15) is 0 Å². The fourth-order valence-electron chi connectivity index (χ4n) is 3.27. The van der Waals surface area contributed by atoms with Crippen LogP contribution in [0.5, 0.6) is 0 Å². The van der Waals surface area contributed by atoms with Crippen LogP contribution < -0.4 is 0 Å². The highest BCUT2D eigenvalue weighted by Crippen LogP contribution is 2.42. The molecule has 3 rings (SSSR count). The van der Waals surface area contributed by atoms with Gasteiger partial charge in [0.2, 0.25) is 0 Å². The molecule has 88 valence electrons. The third-order valence-corrected chi connectivity index (χ3v) is 3.95. The summed E-state index contributed by atoms with van der Waals surface area (Å²) < 4.78 is 0. The molecule has 0 aromatic heterocycles. The van der Waals surface area contributed by atoms with E-state index in [-0.39, 0.29) is 0 Å². The third kappa shape index (κ3) is 1.97. The Bertz CT molecular complexity index is 501. The van der Waals surface area contributed by atoms with Crippen LogP contribution in [0.15, 0.2) is 42.0 Å². The summed E-state index contributed by atoms with van der Waals surface area (Å²) in [5, 5.41) is 0. The fourth-order valence-corrected chi connectivity index (χ4v) is 3.27. The summed E-state index contributed by atoms with van der Waals surface area (Å²) in [6, 6.07) is 8.94. The third-order valence-electron chi connectivity index (χ3n) is 3.95. The first-order valence-electron chi connectivity index (χ1n) is 6.63. The van der Waals surface area contributed by atoms with Crippen molar-refractivity contribution in [3.05, 3.63) is 53.1 Å². The largest absolute Gasteiger partial charge is 0.0836 e. The van der Waals surface area contributed by atoms with E-state index >= 15 is 0 Å². The highest BCUT2D eigenvalue weighted by molar-refractivity contribution is 5.80. The number of hydrogen-bond acceptors (Lipinski definition) is 0. The Kier molecular flexibility index (Phi) is 2.47. The van der Waals surface area contributed by atoms with Crippen molar-refractivity contribution in [2.24, 2.45) is 5.41 Å². The molecular formula is C17H20. The van der Waals surface area contributed by atoms with Gasteiger partial charge in [-0.3, -0.25) is 0 Å². The molecule has 0 heterocycles. The lowest BCUT2D eigenvalue weighted by Gasteiger charge is -2.25. The standard InChI is InChI=1S/C17H20/c1-17(2)11-13-7-3-5-9-15(13)16-10-6-4-8-14(16)12-17/h3,5-7,9-10H,4,8,11-12H2,1-2H3. The number of benzene rings is 1. The summed E-state index contributed by atoms with van der Waals surface area (Å²) in [7, 11) is 0. The molecule has 0 bridgehead atoms. The van der Waals surface area contributed by atoms with E-state index in [1.165, 1.54) is 42.4 Å². The van der Waals surface area contributed by atoms with Crippen molar-refractivity contribution in [3.8, 4) is 0 Å². The van der Waals surface area contributed by atoms with E-state index in [0.717, 1.165) is 0 Å². The lowest BCUT2D eigenvalue weighted by atomic mass is 9.80. The predicted octanol–water partition coefficient (Wildman–Crippen LogP) is 4.76. The molecule has 0 aliphatic heterocycles. The van der Waals surface area contributed by atoms with E-state index in [0.29, 0.717) is 5.41 Å². The van der Waals surface area contributed by atoms with Gasteiger partial charge in [0.25, 0.3) is 0 Å². The van der Waals surface area contributed by atoms with Gasteiger partial charge in [-0.1, -0.05) is 55.8 Å². The van der Waals surface area contributed by atoms with Crippen LogP contribution in [0.1, 0.15) is 44.2 Å². The Morgan fingerprint density at radius 3 is 2.76 bits per heavy atom. The molecule has 0 radical (unpaired) electrons. The first-order chi connectivity index (χ1) is 8.16. The summed E-state index contributed by atoms with van der Waals surface area (Å²) in [6.07, 6.45) is 9.60. The first kappa shape index (κ1) is 10.8. The van der Waals surface area contributed by atoms with Gasteiger partial charge in [-0.05, 0) is 47.8 Å². The summed E-state index contributed by atoms with van der Waals surface area (Å²) in [6.45, 7) is 4.80. The van der Waals surface area contributed by atoms with Crippen molar-refractivity contribution in [3.63, 3.8) is 0 Å². The van der Waals surface area contributed by atoms with Crippen LogP contribution in [0.2, 0.25) is 0 Å². The zero-order valence-corrected chi connectivity index (χ0v) is 10.8. The van der Waals surface area contributed by atoms with Crippen LogP contribution in [-0.4, -0.2) is 0 Å². The summed E-state index contributed by atoms with van der Waals surface area (Å²) >= 11 is 0. The molecule has 0 amide bonds. The van der Waals surface area contributed by atoms with Crippen LogP contribution in [0, 0.1) is 5.41 Å². The first-order valence-corrected chi connectivity index (χ1v) is 6.63. The smallest absolute Gasteiger partial charge is 0.0152 e. The monoisotopic (exact) mass is 224 g/mol. The molecule has 2 aliphatic carbocycles.